The van der Waals surface area contributed by atoms with E-state index in [0.29, 0.717) is 11.3 Å². The van der Waals surface area contributed by atoms with E-state index in [4.69, 9.17) is 4.98 Å². The van der Waals surface area contributed by atoms with Crippen molar-refractivity contribution >= 4 is 33.3 Å². The molecule has 3 heterocycles. The number of amides is 2. The highest BCUT2D eigenvalue weighted by Crippen LogP contribution is 2.43. The first-order chi connectivity index (χ1) is 11.7. The van der Waals surface area contributed by atoms with Gasteiger partial charge in [0.1, 0.15) is 0 Å². The number of benzene rings is 1. The predicted molar refractivity (Wildman–Crippen MR) is 96.7 cm³/mol. The van der Waals surface area contributed by atoms with Crippen molar-refractivity contribution in [1.82, 2.24) is 15.2 Å². The molecule has 1 saturated carbocycles. The van der Waals surface area contributed by atoms with Gasteiger partial charge in [0.15, 0.2) is 0 Å². The highest BCUT2D eigenvalue weighted by molar-refractivity contribution is 7.18. The zero-order valence-corrected chi connectivity index (χ0v) is 14.5. The molecule has 1 aromatic carbocycles. The Hall–Kier alpha value is -1.66. The number of likely N-dealkylation sites (tertiary alicyclic amines) is 1. The number of anilines is 1. The average Bonchev–Trinajstić information content (AvgIpc) is 3.02. The van der Waals surface area contributed by atoms with Crippen molar-refractivity contribution in [3.05, 3.63) is 23.2 Å². The third kappa shape index (κ3) is 2.58. The lowest BCUT2D eigenvalue weighted by Crippen LogP contribution is -2.36. The average molecular weight is 342 g/mol. The molecule has 2 N–H and O–H groups in total. The largest absolute Gasteiger partial charge is 0.324 e. The summed E-state index contributed by atoms with van der Waals surface area (Å²) in [6.07, 6.45) is 4.85. The second-order valence-corrected chi connectivity index (χ2v) is 8.60. The summed E-state index contributed by atoms with van der Waals surface area (Å²) in [7, 11) is 0. The summed E-state index contributed by atoms with van der Waals surface area (Å²) >= 11 is 1.77. The summed E-state index contributed by atoms with van der Waals surface area (Å²) in [6, 6.07) is 6.10. The maximum atomic E-state index is 12.6. The summed E-state index contributed by atoms with van der Waals surface area (Å²) in [5, 5.41) is 7.77. The van der Waals surface area contributed by atoms with E-state index in [-0.39, 0.29) is 6.03 Å². The summed E-state index contributed by atoms with van der Waals surface area (Å²) < 4.78 is 1.17. The van der Waals surface area contributed by atoms with Crippen molar-refractivity contribution in [2.24, 2.45) is 5.41 Å². The topological polar surface area (TPSA) is 57.3 Å². The molecule has 3 fully saturated rings. The van der Waals surface area contributed by atoms with E-state index in [9.17, 15) is 4.79 Å². The van der Waals surface area contributed by atoms with Crippen LogP contribution in [0.15, 0.2) is 18.2 Å². The summed E-state index contributed by atoms with van der Waals surface area (Å²) in [6.45, 7) is 3.87. The molecule has 2 aromatic rings. The Bertz CT molecular complexity index is 791. The fourth-order valence-electron chi connectivity index (χ4n) is 3.98. The van der Waals surface area contributed by atoms with Gasteiger partial charge in [-0.15, -0.1) is 11.3 Å². The van der Waals surface area contributed by atoms with E-state index < -0.39 is 0 Å². The summed E-state index contributed by atoms with van der Waals surface area (Å²) in [5.74, 6) is 0.682. The third-order valence-corrected chi connectivity index (χ3v) is 6.82. The minimum atomic E-state index is 0.0325. The molecule has 0 radical (unpaired) electrons. The van der Waals surface area contributed by atoms with Crippen LogP contribution in [-0.4, -0.2) is 42.1 Å². The number of aromatic nitrogens is 1. The zero-order valence-electron chi connectivity index (χ0n) is 13.7. The molecule has 5 rings (SSSR count). The van der Waals surface area contributed by atoms with E-state index in [2.05, 4.69) is 16.7 Å². The van der Waals surface area contributed by atoms with E-state index >= 15 is 0 Å². The molecule has 1 aromatic heterocycles. The number of thiazole rings is 1. The van der Waals surface area contributed by atoms with Crippen LogP contribution in [0.5, 0.6) is 0 Å². The first kappa shape index (κ1) is 14.7. The van der Waals surface area contributed by atoms with Crippen molar-refractivity contribution in [2.75, 3.05) is 31.5 Å². The van der Waals surface area contributed by atoms with Gasteiger partial charge in [0.05, 0.1) is 15.2 Å². The number of nitrogens with zero attached hydrogens (tertiary/aromatic N) is 2. The Morgan fingerprint density at radius 1 is 1.38 bits per heavy atom. The van der Waals surface area contributed by atoms with Gasteiger partial charge in [0.25, 0.3) is 0 Å². The molecule has 1 unspecified atom stereocenters. The van der Waals surface area contributed by atoms with Crippen LogP contribution in [0.1, 0.15) is 36.6 Å². The van der Waals surface area contributed by atoms with Crippen LogP contribution in [-0.2, 0) is 0 Å². The molecule has 2 saturated heterocycles. The van der Waals surface area contributed by atoms with Crippen LogP contribution in [0.3, 0.4) is 0 Å². The first-order valence-corrected chi connectivity index (χ1v) is 9.70. The normalized spacial score (nSPS) is 26.6. The van der Waals surface area contributed by atoms with E-state index in [0.717, 1.165) is 43.8 Å². The van der Waals surface area contributed by atoms with Gasteiger partial charge < -0.3 is 15.5 Å². The fourth-order valence-corrected chi connectivity index (χ4v) is 5.16. The fraction of sp³-hybridized carbons (Fsp3) is 0.556. The van der Waals surface area contributed by atoms with Crippen molar-refractivity contribution in [1.29, 1.82) is 0 Å². The lowest BCUT2D eigenvalue weighted by atomic mass is 9.87. The third-order valence-electron chi connectivity index (χ3n) is 5.64. The molecule has 5 nitrogen and oxygen atoms in total. The molecule has 126 valence electrons. The van der Waals surface area contributed by atoms with E-state index in [1.54, 1.807) is 11.3 Å². The Labute approximate surface area is 145 Å². The van der Waals surface area contributed by atoms with Gasteiger partial charge in [-0.3, -0.25) is 0 Å². The Morgan fingerprint density at radius 3 is 3.08 bits per heavy atom. The number of urea groups is 1. The van der Waals surface area contributed by atoms with Gasteiger partial charge in [-0.05, 0) is 50.4 Å². The highest BCUT2D eigenvalue weighted by Gasteiger charge is 2.41. The first-order valence-electron chi connectivity index (χ1n) is 8.88. The molecule has 3 aliphatic rings. The molecular weight excluding hydrogens is 320 g/mol. The molecule has 1 spiro atoms. The second-order valence-electron chi connectivity index (χ2n) is 7.54. The van der Waals surface area contributed by atoms with Gasteiger partial charge in [-0.25, -0.2) is 9.78 Å². The molecule has 1 aliphatic carbocycles. The van der Waals surface area contributed by atoms with Crippen molar-refractivity contribution < 1.29 is 4.79 Å². The molecule has 0 bridgehead atoms. The highest BCUT2D eigenvalue weighted by atomic mass is 32.1. The molecule has 6 heteroatoms. The van der Waals surface area contributed by atoms with Crippen LogP contribution < -0.4 is 10.6 Å². The maximum absolute atomic E-state index is 12.6. The number of hydrogen-bond donors (Lipinski definition) is 2. The monoisotopic (exact) mass is 342 g/mol. The predicted octanol–water partition coefficient (Wildman–Crippen LogP) is 3.39. The van der Waals surface area contributed by atoms with Crippen molar-refractivity contribution in [2.45, 2.75) is 31.6 Å². The van der Waals surface area contributed by atoms with Gasteiger partial charge in [-0.1, -0.05) is 0 Å². The number of nitrogens with one attached hydrogen (secondary N) is 2. The van der Waals surface area contributed by atoms with Gasteiger partial charge in [-0.2, -0.15) is 0 Å². The molecule has 2 aliphatic heterocycles. The standard InChI is InChI=1S/C18H22N4OS/c23-17(22-8-6-18(11-22)5-7-19-10-18)20-13-3-4-14-15(9-13)24-16(21-14)12-1-2-12/h3-4,9,12,19H,1-2,5-8,10-11H2,(H,20,23). The van der Waals surface area contributed by atoms with E-state index in [1.807, 2.05) is 17.0 Å². The second kappa shape index (κ2) is 5.43. The van der Waals surface area contributed by atoms with Gasteiger partial charge in [0, 0.05) is 36.7 Å². The van der Waals surface area contributed by atoms with Crippen LogP contribution in [0.25, 0.3) is 10.2 Å². The molecule has 1 atom stereocenters. The minimum Gasteiger partial charge on any atom is -0.324 e. The van der Waals surface area contributed by atoms with Crippen LogP contribution >= 0.6 is 11.3 Å². The summed E-state index contributed by atoms with van der Waals surface area (Å²) in [4.78, 5) is 19.3. The number of carbonyl (C=O) groups excluding carboxylic acids is 1. The number of carbonyl (C=O) groups is 1. The maximum Gasteiger partial charge on any atom is 0.321 e. The summed E-state index contributed by atoms with van der Waals surface area (Å²) in [5.41, 5.74) is 2.25. The van der Waals surface area contributed by atoms with Crippen LogP contribution in [0.2, 0.25) is 0 Å². The quantitative estimate of drug-likeness (QED) is 0.879. The number of fused-ring (bicyclic) bond motifs is 1. The lowest BCUT2D eigenvalue weighted by Gasteiger charge is -2.23. The zero-order chi connectivity index (χ0) is 16.1. The molecule has 2 amide bonds. The van der Waals surface area contributed by atoms with E-state index in [1.165, 1.54) is 29.0 Å². The van der Waals surface area contributed by atoms with Gasteiger partial charge in [0.2, 0.25) is 0 Å². The number of rotatable bonds is 2. The minimum absolute atomic E-state index is 0.0325. The smallest absolute Gasteiger partial charge is 0.321 e. The SMILES string of the molecule is O=C(Nc1ccc2nc(C3CC3)sc2c1)N1CCC2(CCNC2)C1. The van der Waals surface area contributed by atoms with Crippen molar-refractivity contribution in [3.8, 4) is 0 Å². The lowest BCUT2D eigenvalue weighted by molar-refractivity contribution is 0.215. The Morgan fingerprint density at radius 2 is 2.29 bits per heavy atom. The molecule has 24 heavy (non-hydrogen) atoms. The van der Waals surface area contributed by atoms with Crippen LogP contribution in [0.4, 0.5) is 10.5 Å². The number of hydrogen-bond acceptors (Lipinski definition) is 4. The van der Waals surface area contributed by atoms with Crippen molar-refractivity contribution in [3.63, 3.8) is 0 Å². The van der Waals surface area contributed by atoms with Crippen LogP contribution in [0, 0.1) is 5.41 Å². The Kier molecular flexibility index (Phi) is 3.31. The molecular formula is C18H22N4OS. The van der Waals surface area contributed by atoms with Gasteiger partial charge >= 0.3 is 6.03 Å². The Balaban J connectivity index is 1.30.